The van der Waals surface area contributed by atoms with E-state index in [9.17, 15) is 13.2 Å². The van der Waals surface area contributed by atoms with Gasteiger partial charge >= 0.3 is 0 Å². The summed E-state index contributed by atoms with van der Waals surface area (Å²) in [4.78, 5) is 21.2. The van der Waals surface area contributed by atoms with Crippen LogP contribution in [0, 0.1) is 5.92 Å². The van der Waals surface area contributed by atoms with E-state index >= 15 is 0 Å². The van der Waals surface area contributed by atoms with Crippen LogP contribution in [0.15, 0.2) is 65.6 Å². The van der Waals surface area contributed by atoms with Gasteiger partial charge in [-0.05, 0) is 30.2 Å². The summed E-state index contributed by atoms with van der Waals surface area (Å²) in [7, 11) is -3.72. The number of ketones is 1. The number of pyridine rings is 1. The van der Waals surface area contributed by atoms with Gasteiger partial charge in [-0.25, -0.2) is 4.98 Å². The molecule has 1 aliphatic heterocycles. The van der Waals surface area contributed by atoms with E-state index in [4.69, 9.17) is 0 Å². The molecule has 9 heteroatoms. The highest BCUT2D eigenvalue weighted by molar-refractivity contribution is 7.90. The van der Waals surface area contributed by atoms with Crippen molar-refractivity contribution in [3.8, 4) is 11.3 Å². The van der Waals surface area contributed by atoms with E-state index in [0.29, 0.717) is 41.4 Å². The summed E-state index contributed by atoms with van der Waals surface area (Å²) in [6.07, 6.45) is 9.24. The summed E-state index contributed by atoms with van der Waals surface area (Å²) in [6.45, 7) is 4.30. The van der Waals surface area contributed by atoms with E-state index in [-0.39, 0.29) is 12.3 Å². The minimum absolute atomic E-state index is 0.0991. The van der Waals surface area contributed by atoms with Crippen molar-refractivity contribution >= 4 is 33.5 Å². The number of aromatic nitrogens is 2. The Hall–Kier alpha value is -3.30. The lowest BCUT2D eigenvalue weighted by molar-refractivity contribution is 0.0967. The van der Waals surface area contributed by atoms with Gasteiger partial charge in [-0.2, -0.15) is 13.1 Å². The van der Waals surface area contributed by atoms with Crippen LogP contribution in [0.4, 0.5) is 5.69 Å². The third-order valence-corrected chi connectivity index (χ3v) is 6.26. The van der Waals surface area contributed by atoms with E-state index in [1.165, 1.54) is 0 Å². The number of nitrogens with one attached hydrogen (secondary N) is 2. The highest BCUT2D eigenvalue weighted by Crippen LogP contribution is 2.23. The lowest BCUT2D eigenvalue weighted by Gasteiger charge is -2.10. The lowest BCUT2D eigenvalue weighted by atomic mass is 10.0. The highest BCUT2D eigenvalue weighted by Gasteiger charge is 2.13. The van der Waals surface area contributed by atoms with Crippen LogP contribution >= 0.6 is 0 Å². The van der Waals surface area contributed by atoms with Gasteiger partial charge in [0, 0.05) is 61.2 Å². The monoisotopic (exact) mass is 465 g/mol. The molecular weight excluding hydrogens is 438 g/mol. The molecule has 0 radical (unpaired) electrons. The van der Waals surface area contributed by atoms with Gasteiger partial charge in [0.25, 0.3) is 10.2 Å². The fourth-order valence-electron chi connectivity index (χ4n) is 3.61. The fourth-order valence-corrected chi connectivity index (χ4v) is 4.49. The quantitative estimate of drug-likeness (QED) is 0.437. The second-order valence-electron chi connectivity index (χ2n) is 8.40. The standard InChI is InChI=1S/C24H27N5O3S/c1-17(2)13-23(30)19-8-9-24-27-22(16-29(24)15-19)18-5-3-6-21(14-18)28-33(31,32)26-12-10-20-7-4-11-25-20/h3,5-9,11,14-17,26,28H,4,10,12-13H2,1-2H3. The zero-order valence-electron chi connectivity index (χ0n) is 18.7. The van der Waals surface area contributed by atoms with Crippen molar-refractivity contribution in [2.24, 2.45) is 10.9 Å². The van der Waals surface area contributed by atoms with E-state index in [2.05, 4.69) is 19.4 Å². The number of benzene rings is 1. The Labute approximate surface area is 193 Å². The smallest absolute Gasteiger partial charge is 0.299 e. The summed E-state index contributed by atoms with van der Waals surface area (Å²) >= 11 is 0. The largest absolute Gasteiger partial charge is 0.306 e. The number of Topliss-reactive ketones (excluding diaryl/α,β-unsaturated/α-hetero) is 1. The van der Waals surface area contributed by atoms with Gasteiger partial charge < -0.3 is 4.40 Å². The molecule has 33 heavy (non-hydrogen) atoms. The molecule has 0 atom stereocenters. The molecule has 3 aromatic rings. The second kappa shape index (κ2) is 9.68. The Morgan fingerprint density at radius 1 is 1.18 bits per heavy atom. The predicted molar refractivity (Wildman–Crippen MR) is 131 cm³/mol. The molecule has 0 saturated heterocycles. The molecule has 4 rings (SSSR count). The molecule has 2 N–H and O–H groups in total. The Bertz CT molecular complexity index is 1340. The first-order valence-electron chi connectivity index (χ1n) is 10.9. The summed E-state index contributed by atoms with van der Waals surface area (Å²) < 4.78 is 31.7. The van der Waals surface area contributed by atoms with Crippen LogP contribution in [-0.4, -0.2) is 36.3 Å². The predicted octanol–water partition coefficient (Wildman–Crippen LogP) is 4.22. The van der Waals surface area contributed by atoms with Crippen molar-refractivity contribution in [3.63, 3.8) is 0 Å². The van der Waals surface area contributed by atoms with Gasteiger partial charge in [-0.3, -0.25) is 14.5 Å². The molecule has 2 aromatic heterocycles. The summed E-state index contributed by atoms with van der Waals surface area (Å²) in [6, 6.07) is 10.7. The molecule has 0 bridgehead atoms. The number of nitrogens with zero attached hydrogens (tertiary/aromatic N) is 3. The minimum atomic E-state index is -3.72. The Morgan fingerprint density at radius 3 is 2.79 bits per heavy atom. The van der Waals surface area contributed by atoms with Gasteiger partial charge in [-0.1, -0.05) is 32.1 Å². The Balaban J connectivity index is 1.47. The zero-order chi connectivity index (χ0) is 23.4. The molecule has 0 spiro atoms. The van der Waals surface area contributed by atoms with Crippen LogP contribution < -0.4 is 9.44 Å². The number of aliphatic imine (C=N–C) groups is 1. The van der Waals surface area contributed by atoms with Crippen LogP contribution in [0.3, 0.4) is 0 Å². The van der Waals surface area contributed by atoms with E-state index < -0.39 is 10.2 Å². The molecule has 1 aromatic carbocycles. The van der Waals surface area contributed by atoms with Crippen LogP contribution in [0.5, 0.6) is 0 Å². The van der Waals surface area contributed by atoms with Gasteiger partial charge in [0.1, 0.15) is 5.65 Å². The number of imidazole rings is 1. The minimum Gasteiger partial charge on any atom is -0.306 e. The highest BCUT2D eigenvalue weighted by atomic mass is 32.2. The molecule has 0 saturated carbocycles. The zero-order valence-corrected chi connectivity index (χ0v) is 19.5. The maximum absolute atomic E-state index is 12.4. The number of hydrogen-bond donors (Lipinski definition) is 2. The number of anilines is 1. The third-order valence-electron chi connectivity index (χ3n) is 5.17. The molecule has 0 unspecified atom stereocenters. The number of carbonyl (C=O) groups excluding carboxylic acids is 1. The number of fused-ring (bicyclic) bond motifs is 1. The Morgan fingerprint density at radius 2 is 2.03 bits per heavy atom. The van der Waals surface area contributed by atoms with Crippen molar-refractivity contribution < 1.29 is 13.2 Å². The van der Waals surface area contributed by atoms with Crippen molar-refractivity contribution in [2.45, 2.75) is 33.1 Å². The first-order valence-corrected chi connectivity index (χ1v) is 12.4. The topological polar surface area (TPSA) is 105 Å². The molecule has 1 aliphatic rings. The van der Waals surface area contributed by atoms with Gasteiger partial charge in [-0.15, -0.1) is 0 Å². The van der Waals surface area contributed by atoms with Crippen LogP contribution in [-0.2, 0) is 10.2 Å². The van der Waals surface area contributed by atoms with Crippen LogP contribution in [0.1, 0.15) is 43.5 Å². The fraction of sp³-hybridized carbons (Fsp3) is 0.292. The van der Waals surface area contributed by atoms with Crippen molar-refractivity contribution in [1.29, 1.82) is 0 Å². The molecule has 3 heterocycles. The van der Waals surface area contributed by atoms with Gasteiger partial charge in [0.05, 0.1) is 11.4 Å². The molecule has 172 valence electrons. The third kappa shape index (κ3) is 5.94. The Kier molecular flexibility index (Phi) is 6.71. The number of hydrogen-bond acceptors (Lipinski definition) is 5. The lowest BCUT2D eigenvalue weighted by Crippen LogP contribution is -2.31. The molecule has 0 amide bonds. The van der Waals surface area contributed by atoms with Crippen LogP contribution in [0.2, 0.25) is 0 Å². The number of allylic oxidation sites excluding steroid dienone is 1. The van der Waals surface area contributed by atoms with E-state index in [1.54, 1.807) is 36.7 Å². The SMILES string of the molecule is CC(C)CC(=O)c1ccc2nc(-c3cccc(NS(=O)(=O)NCCC4=CCC=N4)c3)cn2c1. The normalized spacial score (nSPS) is 13.6. The molecule has 0 aliphatic carbocycles. The van der Waals surface area contributed by atoms with Gasteiger partial charge in [0.15, 0.2) is 5.78 Å². The second-order valence-corrected chi connectivity index (χ2v) is 9.90. The first-order chi connectivity index (χ1) is 15.8. The van der Waals surface area contributed by atoms with Crippen LogP contribution in [0.25, 0.3) is 16.9 Å². The molecule has 0 fully saturated rings. The number of carbonyl (C=O) groups is 1. The molecular formula is C24H27N5O3S. The first kappa shape index (κ1) is 22.9. The van der Waals surface area contributed by atoms with Crippen molar-refractivity contribution in [1.82, 2.24) is 14.1 Å². The van der Waals surface area contributed by atoms with Gasteiger partial charge in [0.2, 0.25) is 0 Å². The van der Waals surface area contributed by atoms with Crippen molar-refractivity contribution in [2.75, 3.05) is 11.3 Å². The van der Waals surface area contributed by atoms with E-state index in [0.717, 1.165) is 17.7 Å². The maximum Gasteiger partial charge on any atom is 0.299 e. The van der Waals surface area contributed by atoms with E-state index in [1.807, 2.05) is 42.7 Å². The summed E-state index contributed by atoms with van der Waals surface area (Å²) in [5, 5.41) is 0. The van der Waals surface area contributed by atoms with Crippen molar-refractivity contribution in [3.05, 3.63) is 66.1 Å². The molecule has 8 nitrogen and oxygen atoms in total. The summed E-state index contributed by atoms with van der Waals surface area (Å²) in [5.41, 5.74) is 4.13. The average Bonchev–Trinajstić information content (AvgIpc) is 3.42. The maximum atomic E-state index is 12.4. The average molecular weight is 466 g/mol. The number of rotatable bonds is 10. The summed E-state index contributed by atoms with van der Waals surface area (Å²) in [5.74, 6) is 0.392.